The number of benzene rings is 1. The van der Waals surface area contributed by atoms with Gasteiger partial charge in [0.25, 0.3) is 0 Å². The molecule has 3 aliphatic rings. The fraction of sp³-hybridized carbons (Fsp3) is 0.621. The van der Waals surface area contributed by atoms with E-state index in [9.17, 15) is 14.0 Å². The molecule has 3 fully saturated rings. The smallest absolute Gasteiger partial charge is 0.321 e. The first-order chi connectivity index (χ1) is 18.3. The van der Waals surface area contributed by atoms with E-state index in [0.29, 0.717) is 27.5 Å². The van der Waals surface area contributed by atoms with E-state index in [-0.39, 0.29) is 23.7 Å². The van der Waals surface area contributed by atoms with E-state index in [1.165, 1.54) is 49.5 Å². The molecule has 0 bridgehead atoms. The van der Waals surface area contributed by atoms with Crippen LogP contribution < -0.4 is 10.6 Å². The van der Waals surface area contributed by atoms with Crippen LogP contribution in [0.4, 0.5) is 14.3 Å². The molecule has 9 heteroatoms. The second kappa shape index (κ2) is 12.2. The summed E-state index contributed by atoms with van der Waals surface area (Å²) in [6, 6.07) is 6.75. The molecule has 1 aliphatic carbocycles. The van der Waals surface area contributed by atoms with Crippen molar-refractivity contribution in [2.75, 3.05) is 44.6 Å². The number of hydrogen-bond donors (Lipinski definition) is 2. The van der Waals surface area contributed by atoms with E-state index in [0.717, 1.165) is 58.0 Å². The van der Waals surface area contributed by atoms with Crippen LogP contribution >= 0.6 is 11.3 Å². The topological polar surface area (TPSA) is 77.6 Å². The van der Waals surface area contributed by atoms with Gasteiger partial charge >= 0.3 is 6.03 Å². The van der Waals surface area contributed by atoms with Gasteiger partial charge in [0.1, 0.15) is 5.82 Å². The molecular weight excluding hydrogens is 501 g/mol. The van der Waals surface area contributed by atoms with E-state index >= 15 is 0 Å². The maximum Gasteiger partial charge on any atom is 0.321 e. The van der Waals surface area contributed by atoms with E-state index in [1.807, 2.05) is 12.1 Å². The average Bonchev–Trinajstić information content (AvgIpc) is 3.61. The number of amides is 2. The Kier molecular flexibility index (Phi) is 8.75. The van der Waals surface area contributed by atoms with Crippen LogP contribution in [0.25, 0.3) is 0 Å². The molecule has 2 saturated heterocycles. The number of nitrogens with one attached hydrogen (secondary N) is 2. The van der Waals surface area contributed by atoms with Crippen LogP contribution in [0.15, 0.2) is 24.3 Å². The number of urea groups is 1. The zero-order chi connectivity index (χ0) is 26.6. The molecule has 0 unspecified atom stereocenters. The van der Waals surface area contributed by atoms with Crippen molar-refractivity contribution in [3.8, 4) is 0 Å². The van der Waals surface area contributed by atoms with Crippen molar-refractivity contribution in [3.05, 3.63) is 46.2 Å². The lowest BCUT2D eigenvalue weighted by molar-refractivity contribution is 0.0882. The van der Waals surface area contributed by atoms with E-state index in [2.05, 4.69) is 25.4 Å². The normalized spacial score (nSPS) is 24.8. The SMILES string of the molecule is CC(=O)c1sc(NC(=O)N[C@@H]2CN(CC3CC3)CC[C@H]2CN2CCC[C@@H](Cc3ccc(F)cc3)C2)nc1C. The molecule has 2 aromatic rings. The van der Waals surface area contributed by atoms with Crippen LogP contribution in [0, 0.1) is 30.5 Å². The van der Waals surface area contributed by atoms with Gasteiger partial charge in [-0.2, -0.15) is 0 Å². The van der Waals surface area contributed by atoms with Gasteiger partial charge < -0.3 is 15.1 Å². The van der Waals surface area contributed by atoms with Crippen molar-refractivity contribution in [1.29, 1.82) is 0 Å². The Hall–Kier alpha value is -2.36. The number of carbonyl (C=O) groups excluding carboxylic acids is 2. The number of nitrogens with zero attached hydrogens (tertiary/aromatic N) is 3. The van der Waals surface area contributed by atoms with Crippen LogP contribution in [0.2, 0.25) is 0 Å². The van der Waals surface area contributed by atoms with E-state index in [1.54, 1.807) is 19.1 Å². The summed E-state index contributed by atoms with van der Waals surface area (Å²) >= 11 is 1.23. The highest BCUT2D eigenvalue weighted by Crippen LogP contribution is 2.32. The number of ketones is 1. The fourth-order valence-electron chi connectivity index (χ4n) is 6.13. The Labute approximate surface area is 229 Å². The highest BCUT2D eigenvalue weighted by Gasteiger charge is 2.35. The summed E-state index contributed by atoms with van der Waals surface area (Å²) in [6.45, 7) is 9.52. The molecule has 1 saturated carbocycles. The quantitative estimate of drug-likeness (QED) is 0.439. The van der Waals surface area contributed by atoms with Crippen LogP contribution in [0.1, 0.15) is 60.0 Å². The molecule has 2 N–H and O–H groups in total. The molecule has 2 aliphatic heterocycles. The highest BCUT2D eigenvalue weighted by molar-refractivity contribution is 7.17. The van der Waals surface area contributed by atoms with Crippen LogP contribution in [0.3, 0.4) is 0 Å². The van der Waals surface area contributed by atoms with Gasteiger partial charge in [-0.3, -0.25) is 10.1 Å². The molecule has 7 nitrogen and oxygen atoms in total. The van der Waals surface area contributed by atoms with Crippen molar-refractivity contribution < 1.29 is 14.0 Å². The minimum absolute atomic E-state index is 0.0317. The number of thiazole rings is 1. The molecular formula is C29H40FN5O2S. The Balaban J connectivity index is 1.20. The van der Waals surface area contributed by atoms with Gasteiger partial charge in [0, 0.05) is 39.1 Å². The predicted octanol–water partition coefficient (Wildman–Crippen LogP) is 4.97. The average molecular weight is 542 g/mol. The van der Waals surface area contributed by atoms with Gasteiger partial charge in [0.2, 0.25) is 0 Å². The molecule has 3 atom stereocenters. The third kappa shape index (κ3) is 7.39. The number of aromatic nitrogens is 1. The molecule has 206 valence electrons. The van der Waals surface area contributed by atoms with Crippen LogP contribution in [-0.4, -0.2) is 71.9 Å². The number of carbonyl (C=O) groups is 2. The van der Waals surface area contributed by atoms with Crippen molar-refractivity contribution in [1.82, 2.24) is 20.1 Å². The summed E-state index contributed by atoms with van der Waals surface area (Å²) in [6.07, 6.45) is 7.07. The zero-order valence-electron chi connectivity index (χ0n) is 22.5. The summed E-state index contributed by atoms with van der Waals surface area (Å²) in [5.41, 5.74) is 1.86. The summed E-state index contributed by atoms with van der Waals surface area (Å²) in [5, 5.41) is 6.62. The minimum atomic E-state index is -0.245. The first-order valence-corrected chi connectivity index (χ1v) is 14.9. The summed E-state index contributed by atoms with van der Waals surface area (Å²) < 4.78 is 13.3. The van der Waals surface area contributed by atoms with Gasteiger partial charge in [0.15, 0.2) is 10.9 Å². The standard InChI is InChI=1S/C29H40FN5O2S/c1-19-27(20(2)36)38-29(31-19)33-28(37)32-26-18-35(15-22-5-6-22)13-11-24(26)17-34-12-3-4-23(16-34)14-21-7-9-25(30)10-8-21/h7-10,22-24,26H,3-6,11-18H2,1-2H3,(H2,31,32,33,37)/t23-,24-,26+/m0/s1. The number of Topliss-reactive ketones (excluding diaryl/α,β-unsaturated/α-hetero) is 1. The Morgan fingerprint density at radius 1 is 1.03 bits per heavy atom. The Morgan fingerprint density at radius 2 is 1.79 bits per heavy atom. The zero-order valence-corrected chi connectivity index (χ0v) is 23.4. The summed E-state index contributed by atoms with van der Waals surface area (Å²) in [4.78, 5) is 34.9. The second-order valence-corrected chi connectivity index (χ2v) is 12.5. The minimum Gasteiger partial charge on any atom is -0.333 e. The Morgan fingerprint density at radius 3 is 2.50 bits per heavy atom. The molecule has 1 aromatic heterocycles. The van der Waals surface area contributed by atoms with Crippen LogP contribution in [0.5, 0.6) is 0 Å². The third-order valence-corrected chi connectivity index (χ3v) is 9.41. The Bertz CT molecular complexity index is 1120. The lowest BCUT2D eigenvalue weighted by Gasteiger charge is -2.42. The monoisotopic (exact) mass is 541 g/mol. The largest absolute Gasteiger partial charge is 0.333 e. The van der Waals surface area contributed by atoms with Crippen molar-refractivity contribution in [2.24, 2.45) is 17.8 Å². The number of anilines is 1. The lowest BCUT2D eigenvalue weighted by Crippen LogP contribution is -2.56. The highest BCUT2D eigenvalue weighted by atomic mass is 32.1. The van der Waals surface area contributed by atoms with Crippen LogP contribution in [-0.2, 0) is 6.42 Å². The predicted molar refractivity (Wildman–Crippen MR) is 149 cm³/mol. The van der Waals surface area contributed by atoms with Gasteiger partial charge in [-0.25, -0.2) is 14.2 Å². The summed E-state index contributed by atoms with van der Waals surface area (Å²) in [5.74, 6) is 1.56. The van der Waals surface area contributed by atoms with Gasteiger partial charge in [0.05, 0.1) is 10.6 Å². The third-order valence-electron chi connectivity index (χ3n) is 8.24. The maximum absolute atomic E-state index is 13.3. The van der Waals surface area contributed by atoms with E-state index < -0.39 is 0 Å². The van der Waals surface area contributed by atoms with Crippen molar-refractivity contribution in [2.45, 2.75) is 58.4 Å². The molecule has 5 rings (SSSR count). The maximum atomic E-state index is 13.3. The first-order valence-electron chi connectivity index (χ1n) is 14.1. The number of piperidine rings is 2. The number of rotatable bonds is 9. The van der Waals surface area contributed by atoms with Gasteiger partial charge in [-0.1, -0.05) is 23.5 Å². The molecule has 38 heavy (non-hydrogen) atoms. The fourth-order valence-corrected chi connectivity index (χ4v) is 6.99. The first kappa shape index (κ1) is 27.2. The summed E-state index contributed by atoms with van der Waals surface area (Å²) in [7, 11) is 0. The number of halogens is 1. The van der Waals surface area contributed by atoms with Crippen molar-refractivity contribution in [3.63, 3.8) is 0 Å². The molecule has 2 amide bonds. The second-order valence-electron chi connectivity index (χ2n) is 11.5. The molecule has 1 aromatic carbocycles. The molecule has 0 radical (unpaired) electrons. The molecule has 3 heterocycles. The number of hydrogen-bond acceptors (Lipinski definition) is 6. The van der Waals surface area contributed by atoms with Crippen molar-refractivity contribution >= 4 is 28.3 Å². The molecule has 0 spiro atoms. The number of likely N-dealkylation sites (tertiary alicyclic amines) is 2. The van der Waals surface area contributed by atoms with Gasteiger partial charge in [-0.15, -0.1) is 0 Å². The van der Waals surface area contributed by atoms with E-state index in [4.69, 9.17) is 0 Å². The lowest BCUT2D eigenvalue weighted by atomic mass is 9.87. The van der Waals surface area contributed by atoms with Gasteiger partial charge in [-0.05, 0) is 94.0 Å². The number of aryl methyl sites for hydroxylation is 1.